The van der Waals surface area contributed by atoms with Crippen LogP contribution in [0.3, 0.4) is 0 Å². The lowest BCUT2D eigenvalue weighted by molar-refractivity contribution is 0.174. The molecule has 2 heteroatoms. The summed E-state index contributed by atoms with van der Waals surface area (Å²) in [6.07, 6.45) is 2.62. The largest absolute Gasteiger partial charge is 0.478 e. The third-order valence-corrected chi connectivity index (χ3v) is 1.31. The Morgan fingerprint density at radius 2 is 2.58 bits per heavy atom. The normalized spacial score (nSPS) is 11.1. The molecule has 0 bridgehead atoms. The highest BCUT2D eigenvalue weighted by Gasteiger charge is 2.09. The van der Waals surface area contributed by atoms with E-state index in [1.54, 1.807) is 19.3 Å². The van der Waals surface area contributed by atoms with E-state index in [2.05, 4.69) is 18.4 Å². The van der Waals surface area contributed by atoms with Gasteiger partial charge in [-0.3, -0.25) is 0 Å². The Bertz CT molecular complexity index is 287. The van der Waals surface area contributed by atoms with E-state index in [0.717, 1.165) is 0 Å². The summed E-state index contributed by atoms with van der Waals surface area (Å²) in [5.74, 6) is 6.31. The van der Waals surface area contributed by atoms with Gasteiger partial charge in [-0.15, -0.1) is 5.92 Å². The van der Waals surface area contributed by atoms with Crippen LogP contribution in [0.15, 0.2) is 35.7 Å². The predicted octanol–water partition coefficient (Wildman–Crippen LogP) is 2.50. The van der Waals surface area contributed by atoms with E-state index in [1.165, 1.54) is 6.26 Å². The Hall–Kier alpha value is -1.62. The van der Waals surface area contributed by atoms with Gasteiger partial charge in [0.15, 0.2) is 5.76 Å². The van der Waals surface area contributed by atoms with Crippen molar-refractivity contribution in [3.05, 3.63) is 37.0 Å². The Morgan fingerprint density at radius 1 is 1.75 bits per heavy atom. The maximum atomic E-state index is 5.13. The fourth-order valence-electron chi connectivity index (χ4n) is 0.840. The Balaban J connectivity index is 2.77. The fourth-order valence-corrected chi connectivity index (χ4v) is 0.840. The molecule has 2 nitrogen and oxygen atoms in total. The summed E-state index contributed by atoms with van der Waals surface area (Å²) in [5, 5.41) is 0. The first-order valence-corrected chi connectivity index (χ1v) is 3.60. The highest BCUT2D eigenvalue weighted by atomic mass is 16.5. The summed E-state index contributed by atoms with van der Waals surface area (Å²) in [7, 11) is 0. The summed E-state index contributed by atoms with van der Waals surface area (Å²) in [5.41, 5.74) is 0. The number of furan rings is 1. The van der Waals surface area contributed by atoms with Crippen molar-refractivity contribution in [3.63, 3.8) is 0 Å². The van der Waals surface area contributed by atoms with Crippen LogP contribution in [0.2, 0.25) is 0 Å². The Kier molecular flexibility index (Phi) is 3.04. The molecule has 0 aliphatic carbocycles. The van der Waals surface area contributed by atoms with Gasteiger partial charge in [0.25, 0.3) is 0 Å². The van der Waals surface area contributed by atoms with Gasteiger partial charge in [-0.25, -0.2) is 0 Å². The molecule has 0 saturated carbocycles. The van der Waals surface area contributed by atoms with Crippen molar-refractivity contribution >= 4 is 0 Å². The molecule has 12 heavy (non-hydrogen) atoms. The molecule has 0 spiro atoms. The van der Waals surface area contributed by atoms with Gasteiger partial charge < -0.3 is 9.15 Å². The molecule has 0 saturated heterocycles. The van der Waals surface area contributed by atoms with E-state index in [9.17, 15) is 0 Å². The Labute approximate surface area is 71.8 Å². The molecule has 62 valence electrons. The van der Waals surface area contributed by atoms with E-state index < -0.39 is 0 Å². The molecular weight excluding hydrogens is 152 g/mol. The number of hydrogen-bond acceptors (Lipinski definition) is 2. The average Bonchev–Trinajstić information content (AvgIpc) is 2.56. The molecule has 0 aliphatic heterocycles. The van der Waals surface area contributed by atoms with Gasteiger partial charge in [0.2, 0.25) is 6.10 Å². The van der Waals surface area contributed by atoms with Gasteiger partial charge in [-0.2, -0.15) is 0 Å². The van der Waals surface area contributed by atoms with Crippen molar-refractivity contribution in [3.8, 4) is 11.8 Å². The summed E-state index contributed by atoms with van der Waals surface area (Å²) in [4.78, 5) is 0. The molecule has 1 aromatic heterocycles. The van der Waals surface area contributed by atoms with Crippen molar-refractivity contribution in [1.29, 1.82) is 0 Å². The van der Waals surface area contributed by atoms with Crippen LogP contribution in [0.1, 0.15) is 18.8 Å². The molecule has 0 fully saturated rings. The minimum Gasteiger partial charge on any atom is -0.478 e. The lowest BCUT2D eigenvalue weighted by Crippen LogP contribution is -1.94. The van der Waals surface area contributed by atoms with Crippen LogP contribution in [-0.4, -0.2) is 0 Å². The first-order valence-electron chi connectivity index (χ1n) is 3.60. The smallest absolute Gasteiger partial charge is 0.215 e. The molecule has 1 unspecified atom stereocenters. The summed E-state index contributed by atoms with van der Waals surface area (Å²) in [6.45, 7) is 5.21. The van der Waals surface area contributed by atoms with E-state index in [0.29, 0.717) is 5.76 Å². The van der Waals surface area contributed by atoms with Crippen LogP contribution in [0.25, 0.3) is 0 Å². The lowest BCUT2D eigenvalue weighted by atomic mass is 10.3. The number of hydrogen-bond donors (Lipinski definition) is 0. The minimum atomic E-state index is -0.331. The molecule has 1 rings (SSSR count). The third kappa shape index (κ3) is 1.93. The van der Waals surface area contributed by atoms with Crippen molar-refractivity contribution in [2.75, 3.05) is 0 Å². The SMILES string of the molecule is C=COC(C#CC)c1ccco1. The molecule has 0 amide bonds. The van der Waals surface area contributed by atoms with Gasteiger partial charge in [0.1, 0.15) is 0 Å². The van der Waals surface area contributed by atoms with E-state index >= 15 is 0 Å². The maximum absolute atomic E-state index is 5.13. The quantitative estimate of drug-likeness (QED) is 0.503. The zero-order valence-electron chi connectivity index (χ0n) is 6.91. The van der Waals surface area contributed by atoms with Gasteiger partial charge in [0.05, 0.1) is 12.5 Å². The topological polar surface area (TPSA) is 22.4 Å². The van der Waals surface area contributed by atoms with Gasteiger partial charge in [-0.05, 0) is 19.1 Å². The zero-order valence-corrected chi connectivity index (χ0v) is 6.91. The van der Waals surface area contributed by atoms with E-state index in [1.807, 2.05) is 6.07 Å². The van der Waals surface area contributed by atoms with Crippen LogP contribution >= 0.6 is 0 Å². The molecule has 1 aromatic rings. The summed E-state index contributed by atoms with van der Waals surface area (Å²) in [6, 6.07) is 3.62. The predicted molar refractivity (Wildman–Crippen MR) is 46.2 cm³/mol. The average molecular weight is 162 g/mol. The van der Waals surface area contributed by atoms with Crippen LogP contribution in [-0.2, 0) is 4.74 Å². The van der Waals surface area contributed by atoms with Crippen LogP contribution in [0.5, 0.6) is 0 Å². The van der Waals surface area contributed by atoms with Crippen molar-refractivity contribution < 1.29 is 9.15 Å². The second-order valence-corrected chi connectivity index (χ2v) is 2.09. The molecule has 1 heterocycles. The van der Waals surface area contributed by atoms with Crippen LogP contribution < -0.4 is 0 Å². The van der Waals surface area contributed by atoms with Crippen molar-refractivity contribution in [2.24, 2.45) is 0 Å². The fraction of sp³-hybridized carbons (Fsp3) is 0.200. The molecule has 0 aromatic carbocycles. The Morgan fingerprint density at radius 3 is 3.08 bits per heavy atom. The van der Waals surface area contributed by atoms with Gasteiger partial charge in [0, 0.05) is 0 Å². The molecular formula is C10H10O2. The van der Waals surface area contributed by atoms with Crippen molar-refractivity contribution in [1.82, 2.24) is 0 Å². The van der Waals surface area contributed by atoms with E-state index in [4.69, 9.17) is 9.15 Å². The first kappa shape index (κ1) is 8.48. The number of rotatable bonds is 3. The first-order chi connectivity index (χ1) is 5.88. The van der Waals surface area contributed by atoms with Crippen molar-refractivity contribution in [2.45, 2.75) is 13.0 Å². The summed E-state index contributed by atoms with van der Waals surface area (Å²) >= 11 is 0. The standard InChI is InChI=1S/C10H10O2/c1-3-6-9(11-4-2)10-7-5-8-12-10/h4-5,7-9H,2H2,1H3. The minimum absolute atomic E-state index is 0.331. The van der Waals surface area contributed by atoms with Gasteiger partial charge >= 0.3 is 0 Å². The third-order valence-electron chi connectivity index (χ3n) is 1.31. The second kappa shape index (κ2) is 4.30. The number of ether oxygens (including phenoxy) is 1. The van der Waals surface area contributed by atoms with Gasteiger partial charge in [-0.1, -0.05) is 12.5 Å². The highest BCUT2D eigenvalue weighted by molar-refractivity contribution is 5.15. The highest BCUT2D eigenvalue weighted by Crippen LogP contribution is 2.16. The van der Waals surface area contributed by atoms with Crippen LogP contribution in [0, 0.1) is 11.8 Å². The molecule has 0 N–H and O–H groups in total. The zero-order chi connectivity index (χ0) is 8.81. The van der Waals surface area contributed by atoms with Crippen LogP contribution in [0.4, 0.5) is 0 Å². The monoisotopic (exact) mass is 162 g/mol. The summed E-state index contributed by atoms with van der Waals surface area (Å²) < 4.78 is 10.2. The van der Waals surface area contributed by atoms with E-state index in [-0.39, 0.29) is 6.10 Å². The second-order valence-electron chi connectivity index (χ2n) is 2.09. The maximum Gasteiger partial charge on any atom is 0.215 e. The molecule has 0 radical (unpaired) electrons. The lowest BCUT2D eigenvalue weighted by Gasteiger charge is -2.05. The molecule has 1 atom stereocenters. The molecule has 0 aliphatic rings.